The van der Waals surface area contributed by atoms with E-state index in [9.17, 15) is 0 Å². The number of rotatable bonds is 1. The molecule has 0 heterocycles. The molecule has 4 heteroatoms. The van der Waals surface area contributed by atoms with Gasteiger partial charge in [-0.25, -0.2) is 0 Å². The number of allylic oxidation sites excluding steroid dienone is 4. The van der Waals surface area contributed by atoms with Crippen LogP contribution >= 0.6 is 0 Å². The predicted octanol–water partition coefficient (Wildman–Crippen LogP) is -5.86. The average molecular weight is 407 g/mol. The fourth-order valence-corrected chi connectivity index (χ4v) is 5.92. The van der Waals surface area contributed by atoms with Crippen LogP contribution in [0.4, 0.5) is 0 Å². The molecule has 0 nitrogen and oxygen atoms in total. The molecule has 0 aromatic carbocycles. The molecule has 0 radical (unpaired) electrons. The molecule has 0 fully saturated rings. The molecular weight excluding hydrogens is 393 g/mol. The van der Waals surface area contributed by atoms with Gasteiger partial charge in [0.25, 0.3) is 0 Å². The van der Waals surface area contributed by atoms with Gasteiger partial charge in [0.1, 0.15) is 0 Å². The van der Waals surface area contributed by atoms with Crippen LogP contribution in [0.25, 0.3) is 0 Å². The normalized spacial score (nSPS) is 13.0. The summed E-state index contributed by atoms with van der Waals surface area (Å²) in [6.45, 7) is 7.11. The van der Waals surface area contributed by atoms with Gasteiger partial charge in [-0.2, -0.15) is 0 Å². The van der Waals surface area contributed by atoms with E-state index in [1.165, 1.54) is 6.42 Å². The number of hydrogen-bond donors (Lipinski definition) is 0. The van der Waals surface area contributed by atoms with E-state index in [1.807, 2.05) is 0 Å². The fourth-order valence-electron chi connectivity index (χ4n) is 1.02. The van der Waals surface area contributed by atoms with Crippen LogP contribution in [-0.4, -0.2) is 0 Å². The minimum absolute atomic E-state index is 0. The van der Waals surface area contributed by atoms with Crippen molar-refractivity contribution in [2.75, 3.05) is 0 Å². The first kappa shape index (κ1) is 19.7. The average Bonchev–Trinajstić information content (AvgIpc) is 2.12. The van der Waals surface area contributed by atoms with Crippen molar-refractivity contribution in [3.63, 3.8) is 0 Å². The number of hydrogen-bond acceptors (Lipinski definition) is 0. The van der Waals surface area contributed by atoms with Crippen molar-refractivity contribution in [1.82, 2.24) is 0 Å². The molecule has 0 saturated carbocycles. The van der Waals surface area contributed by atoms with Crippen molar-refractivity contribution in [3.8, 4) is 0 Å². The van der Waals surface area contributed by atoms with Gasteiger partial charge in [-0.1, -0.05) is 0 Å². The first-order valence-corrected chi connectivity index (χ1v) is 7.31. The van der Waals surface area contributed by atoms with Crippen LogP contribution in [0, 0.1) is 0 Å². The van der Waals surface area contributed by atoms with E-state index >= 15 is 0 Å². The third-order valence-corrected chi connectivity index (χ3v) is 6.49. The Morgan fingerprint density at radius 3 is 2.00 bits per heavy atom. The second-order valence-electron chi connectivity index (χ2n) is 3.70. The van der Waals surface area contributed by atoms with Crippen LogP contribution in [0.15, 0.2) is 21.6 Å². The monoisotopic (exact) mass is 407 g/mol. The van der Waals surface area contributed by atoms with Crippen molar-refractivity contribution < 1.29 is 60.1 Å². The van der Waals surface area contributed by atoms with Crippen molar-refractivity contribution in [3.05, 3.63) is 21.6 Å². The zero-order valence-electron chi connectivity index (χ0n) is 8.07. The third-order valence-electron chi connectivity index (χ3n) is 1.31. The summed E-state index contributed by atoms with van der Waals surface area (Å²) in [7, 11) is 0. The van der Waals surface area contributed by atoms with E-state index < -0.39 is 22.9 Å². The molecule has 0 aliphatic heterocycles. The van der Waals surface area contributed by atoms with E-state index in [0.717, 1.165) is 0 Å². The first-order chi connectivity index (χ1) is 4.58. The maximum absolute atomic E-state index is 2.37. The molecule has 0 saturated heterocycles. The van der Waals surface area contributed by atoms with Gasteiger partial charge in [0.05, 0.1) is 0 Å². The van der Waals surface area contributed by atoms with Crippen molar-refractivity contribution in [2.24, 2.45) is 0 Å². The zero-order chi connectivity index (χ0) is 7.61. The van der Waals surface area contributed by atoms with Crippen molar-refractivity contribution in [1.29, 1.82) is 0 Å². The van der Waals surface area contributed by atoms with Gasteiger partial charge in [-0.15, -0.1) is 0 Å². The van der Waals surface area contributed by atoms with E-state index in [2.05, 4.69) is 39.0 Å². The Balaban J connectivity index is -0.000000333. The smallest absolute Gasteiger partial charge is 1.00 e. The van der Waals surface area contributed by atoms with Gasteiger partial charge in [0.2, 0.25) is 0 Å². The van der Waals surface area contributed by atoms with Crippen LogP contribution in [0.5, 0.6) is 0 Å². The molecule has 0 spiro atoms. The third kappa shape index (κ3) is 9.52. The van der Waals surface area contributed by atoms with Gasteiger partial charge in [-0.05, 0) is 0 Å². The van der Waals surface area contributed by atoms with E-state index in [4.69, 9.17) is 0 Å². The molecule has 0 unspecified atom stereocenters. The molecule has 0 N–H and O–H groups in total. The molecule has 1 rings (SSSR count). The summed E-state index contributed by atoms with van der Waals surface area (Å²) in [5.74, 6) is 0. The van der Waals surface area contributed by atoms with Gasteiger partial charge < -0.3 is 37.2 Å². The molecular formula is C9H14Cl3Hf. The fraction of sp³-hybridized carbons (Fsp3) is 0.556. The molecule has 0 atom stereocenters. The Kier molecular flexibility index (Phi) is 12.9. The summed E-state index contributed by atoms with van der Waals surface area (Å²) >= 11 is -0.460. The molecule has 0 bridgehead atoms. The van der Waals surface area contributed by atoms with E-state index in [-0.39, 0.29) is 37.2 Å². The maximum Gasteiger partial charge on any atom is -1.00 e. The summed E-state index contributed by atoms with van der Waals surface area (Å²) in [6, 6.07) is 0. The SMILES string of the molecule is C[C](C)(C)[Hf+3][C]1=CC=CC1.[Cl-].[Cl-].[Cl-]. The minimum Gasteiger partial charge on any atom is -1.00 e. The second-order valence-corrected chi connectivity index (χ2v) is 12.3. The molecule has 13 heavy (non-hydrogen) atoms. The molecule has 0 aromatic rings. The van der Waals surface area contributed by atoms with Crippen LogP contribution in [0.2, 0.25) is 3.17 Å². The summed E-state index contributed by atoms with van der Waals surface area (Å²) < 4.78 is 2.42. The Morgan fingerprint density at radius 1 is 1.15 bits per heavy atom. The maximum atomic E-state index is 2.37. The van der Waals surface area contributed by atoms with Gasteiger partial charge >= 0.3 is 74.8 Å². The van der Waals surface area contributed by atoms with E-state index in [1.54, 1.807) is 3.33 Å². The quantitative estimate of drug-likeness (QED) is 0.381. The summed E-state index contributed by atoms with van der Waals surface area (Å²) in [5, 5.41) is 0. The van der Waals surface area contributed by atoms with Crippen molar-refractivity contribution in [2.45, 2.75) is 30.4 Å². The van der Waals surface area contributed by atoms with Crippen molar-refractivity contribution >= 4 is 0 Å². The molecule has 0 aromatic heterocycles. The standard InChI is InChI=1S/C5H5.C4H9.3ClH.Hf/c1-2-4-5-3-1;1-4(2)3;;;;/h1-3H,4H2;1-3H3;3*1H;/q;;;;;+3/p-3. The first-order valence-electron chi connectivity index (χ1n) is 3.72. The Hall–Kier alpha value is 1.22. The second kappa shape index (κ2) is 8.52. The Labute approximate surface area is 111 Å². The Morgan fingerprint density at radius 2 is 1.69 bits per heavy atom. The molecule has 75 valence electrons. The van der Waals surface area contributed by atoms with E-state index in [0.29, 0.717) is 3.17 Å². The minimum atomic E-state index is -0.460. The summed E-state index contributed by atoms with van der Waals surface area (Å²) in [5.41, 5.74) is 0. The van der Waals surface area contributed by atoms with Crippen LogP contribution in [0.3, 0.4) is 0 Å². The molecule has 0 amide bonds. The van der Waals surface area contributed by atoms with Crippen LogP contribution < -0.4 is 37.2 Å². The topological polar surface area (TPSA) is 0 Å². The number of halogens is 3. The summed E-state index contributed by atoms with van der Waals surface area (Å²) in [4.78, 5) is 0. The van der Waals surface area contributed by atoms with Crippen LogP contribution in [-0.2, 0) is 22.9 Å². The van der Waals surface area contributed by atoms with Crippen LogP contribution in [0.1, 0.15) is 27.2 Å². The Bertz CT molecular complexity index is 180. The summed E-state index contributed by atoms with van der Waals surface area (Å²) in [6.07, 6.45) is 8.07. The zero-order valence-corrected chi connectivity index (χ0v) is 13.9. The predicted molar refractivity (Wildman–Crippen MR) is 41.6 cm³/mol. The van der Waals surface area contributed by atoms with Gasteiger partial charge in [0.15, 0.2) is 0 Å². The van der Waals surface area contributed by atoms with Gasteiger partial charge in [0, 0.05) is 0 Å². The van der Waals surface area contributed by atoms with Gasteiger partial charge in [-0.3, -0.25) is 0 Å². The molecule has 1 aliphatic carbocycles. The largest absolute Gasteiger partial charge is 1.00 e. The molecule has 1 aliphatic rings.